The Kier molecular flexibility index (Phi) is 5.01. The van der Waals surface area contributed by atoms with E-state index in [-0.39, 0.29) is 5.82 Å². The quantitative estimate of drug-likeness (QED) is 0.879. The summed E-state index contributed by atoms with van der Waals surface area (Å²) in [4.78, 5) is 0. The minimum Gasteiger partial charge on any atom is -0.497 e. The molecule has 1 unspecified atom stereocenters. The Hall–Kier alpha value is -1.39. The van der Waals surface area contributed by atoms with Gasteiger partial charge in [-0.1, -0.05) is 28.1 Å². The highest BCUT2D eigenvalue weighted by Crippen LogP contribution is 2.26. The highest BCUT2D eigenvalue weighted by Gasteiger charge is 2.21. The Morgan fingerprint density at radius 1 is 1.19 bits per heavy atom. The molecule has 112 valence electrons. The second-order valence-corrected chi connectivity index (χ2v) is 6.45. The van der Waals surface area contributed by atoms with E-state index >= 15 is 0 Å². The molecule has 0 aliphatic heterocycles. The van der Waals surface area contributed by atoms with Crippen molar-refractivity contribution in [1.29, 1.82) is 0 Å². The zero-order chi connectivity index (χ0) is 15.5. The van der Waals surface area contributed by atoms with Crippen molar-refractivity contribution in [2.45, 2.75) is 25.3 Å². The third-order valence-electron chi connectivity index (χ3n) is 3.34. The normalized spacial score (nSPS) is 13.8. The van der Waals surface area contributed by atoms with Gasteiger partial charge in [-0.05, 0) is 61.2 Å². The second-order valence-electron chi connectivity index (χ2n) is 5.59. The van der Waals surface area contributed by atoms with Gasteiger partial charge in [0.2, 0.25) is 0 Å². The second kappa shape index (κ2) is 6.58. The molecule has 2 rings (SSSR count). The van der Waals surface area contributed by atoms with Gasteiger partial charge in [0.25, 0.3) is 0 Å². The Bertz CT molecular complexity index is 628. The van der Waals surface area contributed by atoms with Gasteiger partial charge in [-0.2, -0.15) is 0 Å². The predicted molar refractivity (Wildman–Crippen MR) is 87.1 cm³/mol. The first kappa shape index (κ1) is 16.0. The number of nitrogens with two attached hydrogens (primary N) is 1. The Balaban J connectivity index is 2.17. The van der Waals surface area contributed by atoms with E-state index in [1.807, 2.05) is 31.2 Å². The number of hydrogen-bond acceptors (Lipinski definition) is 2. The van der Waals surface area contributed by atoms with Crippen LogP contribution in [-0.4, -0.2) is 12.6 Å². The van der Waals surface area contributed by atoms with Crippen molar-refractivity contribution in [2.75, 3.05) is 7.11 Å². The summed E-state index contributed by atoms with van der Waals surface area (Å²) >= 11 is 3.54. The van der Waals surface area contributed by atoms with E-state index in [2.05, 4.69) is 15.9 Å². The fourth-order valence-electron chi connectivity index (χ4n) is 2.42. The van der Waals surface area contributed by atoms with Crippen molar-refractivity contribution in [3.8, 4) is 5.75 Å². The molecule has 2 N–H and O–H groups in total. The molecule has 0 aliphatic rings. The van der Waals surface area contributed by atoms with Gasteiger partial charge in [-0.25, -0.2) is 4.39 Å². The summed E-state index contributed by atoms with van der Waals surface area (Å²) < 4.78 is 19.5. The molecule has 4 heteroatoms. The van der Waals surface area contributed by atoms with E-state index in [0.717, 1.165) is 21.3 Å². The van der Waals surface area contributed by atoms with Gasteiger partial charge >= 0.3 is 0 Å². The summed E-state index contributed by atoms with van der Waals surface area (Å²) in [6.45, 7) is 1.98. The Morgan fingerprint density at radius 2 is 1.95 bits per heavy atom. The molecule has 0 aromatic heterocycles. The fraction of sp³-hybridized carbons (Fsp3) is 0.294. The van der Waals surface area contributed by atoms with Crippen LogP contribution in [0.25, 0.3) is 0 Å². The van der Waals surface area contributed by atoms with Crippen LogP contribution in [0.5, 0.6) is 5.75 Å². The van der Waals surface area contributed by atoms with Crippen molar-refractivity contribution in [3.63, 3.8) is 0 Å². The van der Waals surface area contributed by atoms with Crippen LogP contribution >= 0.6 is 15.9 Å². The molecule has 0 heterocycles. The van der Waals surface area contributed by atoms with E-state index in [1.165, 1.54) is 12.1 Å². The first-order chi connectivity index (χ1) is 9.89. The molecule has 1 atom stereocenters. The summed E-state index contributed by atoms with van der Waals surface area (Å²) in [7, 11) is 1.64. The van der Waals surface area contributed by atoms with E-state index in [1.54, 1.807) is 13.2 Å². The molecule has 2 aromatic rings. The Morgan fingerprint density at radius 3 is 2.62 bits per heavy atom. The zero-order valence-electron chi connectivity index (χ0n) is 12.2. The van der Waals surface area contributed by atoms with Gasteiger partial charge in [-0.3, -0.25) is 0 Å². The molecule has 0 amide bonds. The van der Waals surface area contributed by atoms with Crippen LogP contribution in [0.1, 0.15) is 18.1 Å². The highest BCUT2D eigenvalue weighted by atomic mass is 79.9. The molecule has 0 saturated heterocycles. The molecule has 21 heavy (non-hydrogen) atoms. The summed E-state index contributed by atoms with van der Waals surface area (Å²) in [6.07, 6.45) is 1.27. The van der Waals surface area contributed by atoms with Crippen LogP contribution in [0, 0.1) is 5.82 Å². The highest BCUT2D eigenvalue weighted by molar-refractivity contribution is 9.10. The molecule has 0 spiro atoms. The number of ether oxygens (including phenoxy) is 1. The van der Waals surface area contributed by atoms with Crippen LogP contribution in [0.2, 0.25) is 0 Å². The van der Waals surface area contributed by atoms with Gasteiger partial charge in [0.1, 0.15) is 11.6 Å². The predicted octanol–water partition coefficient (Wildman–Crippen LogP) is 4.10. The summed E-state index contributed by atoms with van der Waals surface area (Å²) in [5.41, 5.74) is 7.92. The lowest BCUT2D eigenvalue weighted by Crippen LogP contribution is -2.41. The van der Waals surface area contributed by atoms with Gasteiger partial charge in [0.15, 0.2) is 0 Å². The number of hydrogen-bond donors (Lipinski definition) is 1. The molecule has 0 radical (unpaired) electrons. The van der Waals surface area contributed by atoms with Crippen LogP contribution in [0.15, 0.2) is 46.9 Å². The summed E-state index contributed by atoms with van der Waals surface area (Å²) in [5.74, 6) is 0.570. The average Bonchev–Trinajstić information content (AvgIpc) is 2.40. The monoisotopic (exact) mass is 351 g/mol. The third kappa shape index (κ3) is 4.55. The molecule has 0 bridgehead atoms. The van der Waals surface area contributed by atoms with Crippen molar-refractivity contribution in [1.82, 2.24) is 0 Å². The number of rotatable bonds is 5. The van der Waals surface area contributed by atoms with Crippen LogP contribution in [-0.2, 0) is 12.8 Å². The van der Waals surface area contributed by atoms with E-state index in [4.69, 9.17) is 10.5 Å². The third-order valence-corrected chi connectivity index (χ3v) is 4.12. The van der Waals surface area contributed by atoms with Gasteiger partial charge < -0.3 is 10.5 Å². The topological polar surface area (TPSA) is 35.2 Å². The maximum absolute atomic E-state index is 13.3. The first-order valence-electron chi connectivity index (χ1n) is 6.75. The lowest BCUT2D eigenvalue weighted by Gasteiger charge is -2.26. The van der Waals surface area contributed by atoms with Crippen molar-refractivity contribution in [3.05, 3.63) is 63.9 Å². The lowest BCUT2D eigenvalue weighted by molar-refractivity contribution is 0.412. The molecule has 2 nitrogen and oxygen atoms in total. The molecule has 0 aliphatic carbocycles. The fourth-order valence-corrected chi connectivity index (χ4v) is 2.81. The minimum atomic E-state index is -0.470. The minimum absolute atomic E-state index is 0.231. The molecule has 0 fully saturated rings. The molecule has 0 saturated carbocycles. The lowest BCUT2D eigenvalue weighted by atomic mass is 9.87. The summed E-state index contributed by atoms with van der Waals surface area (Å²) in [6, 6.07) is 12.4. The molecular weight excluding hydrogens is 333 g/mol. The van der Waals surface area contributed by atoms with Crippen molar-refractivity contribution >= 4 is 15.9 Å². The van der Waals surface area contributed by atoms with Crippen LogP contribution < -0.4 is 10.5 Å². The average molecular weight is 352 g/mol. The number of halogens is 2. The number of benzene rings is 2. The van der Waals surface area contributed by atoms with Crippen molar-refractivity contribution in [2.24, 2.45) is 5.73 Å². The smallest absolute Gasteiger partial charge is 0.123 e. The van der Waals surface area contributed by atoms with Crippen LogP contribution in [0.4, 0.5) is 4.39 Å². The van der Waals surface area contributed by atoms with E-state index in [9.17, 15) is 4.39 Å². The van der Waals surface area contributed by atoms with Crippen LogP contribution in [0.3, 0.4) is 0 Å². The zero-order valence-corrected chi connectivity index (χ0v) is 13.8. The molecule has 2 aromatic carbocycles. The summed E-state index contributed by atoms with van der Waals surface area (Å²) in [5, 5.41) is 0. The van der Waals surface area contributed by atoms with Crippen molar-refractivity contribution < 1.29 is 9.13 Å². The van der Waals surface area contributed by atoms with E-state index in [0.29, 0.717) is 12.8 Å². The standard InChI is InChI=1S/C17H19BrFNO/c1-17(20,10-12-4-3-5-14(19)8-12)11-13-9-15(21-2)6-7-16(13)18/h3-9H,10-11,20H2,1-2H3. The van der Waals surface area contributed by atoms with Gasteiger partial charge in [0, 0.05) is 10.0 Å². The first-order valence-corrected chi connectivity index (χ1v) is 7.55. The number of methoxy groups -OCH3 is 1. The maximum Gasteiger partial charge on any atom is 0.123 e. The van der Waals surface area contributed by atoms with Gasteiger partial charge in [-0.15, -0.1) is 0 Å². The Labute approximate surface area is 133 Å². The SMILES string of the molecule is COc1ccc(Br)c(CC(C)(N)Cc2cccc(F)c2)c1. The van der Waals surface area contributed by atoms with E-state index < -0.39 is 5.54 Å². The van der Waals surface area contributed by atoms with Gasteiger partial charge in [0.05, 0.1) is 7.11 Å². The largest absolute Gasteiger partial charge is 0.497 e. The maximum atomic E-state index is 13.3. The molecular formula is C17H19BrFNO.